The number of benzene rings is 1. The van der Waals surface area contributed by atoms with Gasteiger partial charge in [0.05, 0.1) is 30.6 Å². The van der Waals surface area contributed by atoms with Crippen LogP contribution in [0.3, 0.4) is 0 Å². The van der Waals surface area contributed by atoms with E-state index in [1.165, 1.54) is 12.1 Å². The Kier molecular flexibility index (Phi) is 2.48. The Labute approximate surface area is 98.4 Å². The van der Waals surface area contributed by atoms with Crippen LogP contribution in [0.25, 0.3) is 0 Å². The van der Waals surface area contributed by atoms with Crippen LogP contribution in [0.2, 0.25) is 0 Å². The van der Waals surface area contributed by atoms with E-state index >= 15 is 0 Å². The van der Waals surface area contributed by atoms with Gasteiger partial charge in [-0.15, -0.1) is 0 Å². The molecule has 0 aromatic heterocycles. The van der Waals surface area contributed by atoms with Crippen LogP contribution >= 0.6 is 0 Å². The van der Waals surface area contributed by atoms with E-state index in [1.54, 1.807) is 6.07 Å². The number of carbonyl (C=O) groups is 1. The summed E-state index contributed by atoms with van der Waals surface area (Å²) in [5.74, 6) is -0.332. The standard InChI is InChI=1S/C12H13FN2O2/c13-8-1-2-10-11(5-8)15-3-4-17-7-9(15)6-12(16)14-10/h1-2,5,9H,3-4,6-7H2,(H,14,16). The Balaban J connectivity index is 2.07. The van der Waals surface area contributed by atoms with Crippen molar-refractivity contribution in [2.24, 2.45) is 0 Å². The molecule has 90 valence electrons. The molecular formula is C12H13FN2O2. The van der Waals surface area contributed by atoms with Crippen molar-refractivity contribution >= 4 is 17.3 Å². The summed E-state index contributed by atoms with van der Waals surface area (Å²) >= 11 is 0. The van der Waals surface area contributed by atoms with Crippen molar-refractivity contribution in [3.8, 4) is 0 Å². The van der Waals surface area contributed by atoms with E-state index in [1.807, 2.05) is 0 Å². The van der Waals surface area contributed by atoms with Crippen LogP contribution in [0.5, 0.6) is 0 Å². The molecule has 5 heteroatoms. The van der Waals surface area contributed by atoms with E-state index in [4.69, 9.17) is 4.74 Å². The van der Waals surface area contributed by atoms with Gasteiger partial charge in [-0.1, -0.05) is 0 Å². The van der Waals surface area contributed by atoms with Crippen LogP contribution in [0.15, 0.2) is 18.2 Å². The molecule has 0 aliphatic carbocycles. The number of amides is 1. The second-order valence-electron chi connectivity index (χ2n) is 4.34. The summed E-state index contributed by atoms with van der Waals surface area (Å²) in [5.41, 5.74) is 1.44. The van der Waals surface area contributed by atoms with E-state index in [9.17, 15) is 9.18 Å². The molecule has 1 aromatic rings. The van der Waals surface area contributed by atoms with Gasteiger partial charge in [0.2, 0.25) is 5.91 Å². The number of halogens is 1. The molecular weight excluding hydrogens is 223 g/mol. The largest absolute Gasteiger partial charge is 0.377 e. The van der Waals surface area contributed by atoms with E-state index in [0.717, 1.165) is 5.69 Å². The van der Waals surface area contributed by atoms with Crippen LogP contribution in [-0.4, -0.2) is 31.7 Å². The fourth-order valence-electron chi connectivity index (χ4n) is 2.40. The molecule has 2 heterocycles. The number of fused-ring (bicyclic) bond motifs is 3. The Morgan fingerprint density at radius 3 is 3.24 bits per heavy atom. The lowest BCUT2D eigenvalue weighted by Gasteiger charge is -2.35. The van der Waals surface area contributed by atoms with E-state index < -0.39 is 0 Å². The van der Waals surface area contributed by atoms with Gasteiger partial charge in [0.15, 0.2) is 0 Å². The van der Waals surface area contributed by atoms with Crippen molar-refractivity contribution in [2.45, 2.75) is 12.5 Å². The Bertz CT molecular complexity index is 464. The summed E-state index contributed by atoms with van der Waals surface area (Å²) in [7, 11) is 0. The van der Waals surface area contributed by atoms with Gasteiger partial charge >= 0.3 is 0 Å². The van der Waals surface area contributed by atoms with Crippen LogP contribution in [0, 0.1) is 5.82 Å². The minimum absolute atomic E-state index is 0.00630. The first kappa shape index (κ1) is 10.5. The molecule has 1 amide bonds. The maximum absolute atomic E-state index is 13.3. The second kappa shape index (κ2) is 4.00. The molecule has 0 spiro atoms. The smallest absolute Gasteiger partial charge is 0.226 e. The van der Waals surface area contributed by atoms with Crippen molar-refractivity contribution < 1.29 is 13.9 Å². The summed E-state index contributed by atoms with van der Waals surface area (Å²) in [4.78, 5) is 13.8. The molecule has 1 unspecified atom stereocenters. The Morgan fingerprint density at radius 1 is 1.47 bits per heavy atom. The molecule has 0 saturated carbocycles. The number of carbonyl (C=O) groups excluding carboxylic acids is 1. The van der Waals surface area contributed by atoms with Crippen LogP contribution in [0.1, 0.15) is 6.42 Å². The zero-order valence-electron chi connectivity index (χ0n) is 9.28. The summed E-state index contributed by atoms with van der Waals surface area (Å²) in [5, 5.41) is 2.80. The van der Waals surface area contributed by atoms with Gasteiger partial charge in [0.1, 0.15) is 5.82 Å². The monoisotopic (exact) mass is 236 g/mol. The van der Waals surface area contributed by atoms with Crippen molar-refractivity contribution in [3.05, 3.63) is 24.0 Å². The lowest BCUT2D eigenvalue weighted by atomic mass is 10.1. The third-order valence-electron chi connectivity index (χ3n) is 3.19. The predicted molar refractivity (Wildman–Crippen MR) is 61.6 cm³/mol. The van der Waals surface area contributed by atoms with Gasteiger partial charge in [-0.05, 0) is 18.2 Å². The first-order chi connectivity index (χ1) is 8.24. The molecule has 2 aliphatic heterocycles. The number of anilines is 2. The molecule has 1 saturated heterocycles. The van der Waals surface area contributed by atoms with Gasteiger partial charge in [0.25, 0.3) is 0 Å². The van der Waals surface area contributed by atoms with Crippen molar-refractivity contribution in [2.75, 3.05) is 30.0 Å². The minimum atomic E-state index is -0.287. The highest BCUT2D eigenvalue weighted by Gasteiger charge is 2.30. The van der Waals surface area contributed by atoms with Gasteiger partial charge in [0, 0.05) is 13.0 Å². The lowest BCUT2D eigenvalue weighted by molar-refractivity contribution is -0.116. The van der Waals surface area contributed by atoms with Crippen LogP contribution in [-0.2, 0) is 9.53 Å². The third kappa shape index (κ3) is 1.86. The number of ether oxygens (including phenoxy) is 1. The summed E-state index contributed by atoms with van der Waals surface area (Å²) in [6, 6.07) is 4.45. The molecule has 3 rings (SSSR count). The first-order valence-corrected chi connectivity index (χ1v) is 5.68. The molecule has 4 nitrogen and oxygen atoms in total. The molecule has 1 aromatic carbocycles. The average Bonchev–Trinajstić information content (AvgIpc) is 2.45. The molecule has 17 heavy (non-hydrogen) atoms. The maximum atomic E-state index is 13.3. The topological polar surface area (TPSA) is 41.6 Å². The van der Waals surface area contributed by atoms with E-state index in [2.05, 4.69) is 10.2 Å². The molecule has 0 bridgehead atoms. The zero-order chi connectivity index (χ0) is 11.8. The number of nitrogens with zero attached hydrogens (tertiary/aromatic N) is 1. The average molecular weight is 236 g/mol. The molecule has 1 N–H and O–H groups in total. The molecule has 2 aliphatic rings. The van der Waals surface area contributed by atoms with Crippen LogP contribution in [0.4, 0.5) is 15.8 Å². The van der Waals surface area contributed by atoms with Gasteiger partial charge in [-0.3, -0.25) is 4.79 Å². The number of morpholine rings is 1. The molecule has 1 atom stereocenters. The van der Waals surface area contributed by atoms with Gasteiger partial charge < -0.3 is 15.0 Å². The summed E-state index contributed by atoms with van der Waals surface area (Å²) in [6.07, 6.45) is 0.385. The zero-order valence-corrected chi connectivity index (χ0v) is 9.28. The number of hydrogen-bond acceptors (Lipinski definition) is 3. The van der Waals surface area contributed by atoms with Gasteiger partial charge in [-0.2, -0.15) is 0 Å². The van der Waals surface area contributed by atoms with Crippen molar-refractivity contribution in [3.63, 3.8) is 0 Å². The summed E-state index contributed by atoms with van der Waals surface area (Å²) in [6.45, 7) is 1.82. The quantitative estimate of drug-likeness (QED) is 0.739. The fourth-order valence-corrected chi connectivity index (χ4v) is 2.40. The van der Waals surface area contributed by atoms with E-state index in [0.29, 0.717) is 31.9 Å². The lowest BCUT2D eigenvalue weighted by Crippen LogP contribution is -2.45. The summed E-state index contributed by atoms with van der Waals surface area (Å²) < 4.78 is 18.7. The van der Waals surface area contributed by atoms with Crippen molar-refractivity contribution in [1.29, 1.82) is 0 Å². The Hall–Kier alpha value is -1.62. The SMILES string of the molecule is O=C1CC2COCCN2c2cc(F)ccc2N1. The highest BCUT2D eigenvalue weighted by Crippen LogP contribution is 2.33. The van der Waals surface area contributed by atoms with E-state index in [-0.39, 0.29) is 17.8 Å². The Morgan fingerprint density at radius 2 is 2.35 bits per heavy atom. The first-order valence-electron chi connectivity index (χ1n) is 5.68. The highest BCUT2D eigenvalue weighted by atomic mass is 19.1. The predicted octanol–water partition coefficient (Wildman–Crippen LogP) is 1.37. The van der Waals surface area contributed by atoms with Crippen LogP contribution < -0.4 is 10.2 Å². The second-order valence-corrected chi connectivity index (χ2v) is 4.34. The fraction of sp³-hybridized carbons (Fsp3) is 0.417. The molecule has 1 fully saturated rings. The number of hydrogen-bond donors (Lipinski definition) is 1. The maximum Gasteiger partial charge on any atom is 0.226 e. The normalized spacial score (nSPS) is 23.5. The third-order valence-corrected chi connectivity index (χ3v) is 3.19. The van der Waals surface area contributed by atoms with Crippen molar-refractivity contribution in [1.82, 2.24) is 0 Å². The number of nitrogens with one attached hydrogen (secondary N) is 1. The van der Waals surface area contributed by atoms with Gasteiger partial charge in [-0.25, -0.2) is 4.39 Å². The molecule has 0 radical (unpaired) electrons. The highest BCUT2D eigenvalue weighted by molar-refractivity contribution is 5.96. The minimum Gasteiger partial charge on any atom is -0.377 e. The number of rotatable bonds is 0.